The van der Waals surface area contributed by atoms with Gasteiger partial charge in [0.1, 0.15) is 41.7 Å². The molecule has 4 bridgehead atoms. The first-order chi connectivity index (χ1) is 56.9. The summed E-state index contributed by atoms with van der Waals surface area (Å²) >= 11 is 0. The molecule has 0 aromatic heterocycles. The molecule has 123 heavy (non-hydrogen) atoms. The third-order valence-electron chi connectivity index (χ3n) is 26.1. The molecule has 0 amide bonds. The summed E-state index contributed by atoms with van der Waals surface area (Å²) in [4.78, 5) is 83.7. The Hall–Kier alpha value is -6.77. The molecule has 20 heteroatoms. The molecule has 5 saturated carbocycles. The Morgan fingerprint density at radius 1 is 0.407 bits per heavy atom. The molecular formula is C103H170O20. The van der Waals surface area contributed by atoms with Crippen LogP contribution >= 0.6 is 0 Å². The van der Waals surface area contributed by atoms with E-state index in [-0.39, 0.29) is 113 Å². The van der Waals surface area contributed by atoms with Crippen molar-refractivity contribution in [3.8, 4) is 17.2 Å². The molecule has 20 nitrogen and oxygen atoms in total. The van der Waals surface area contributed by atoms with Crippen molar-refractivity contribution in [2.75, 3.05) is 0 Å². The van der Waals surface area contributed by atoms with Crippen LogP contribution in [0.5, 0.6) is 17.2 Å². The predicted octanol–water partition coefficient (Wildman–Crippen LogP) is 24.8. The van der Waals surface area contributed by atoms with Crippen molar-refractivity contribution in [2.24, 2.45) is 79.3 Å². The number of hydrogen-bond acceptors (Lipinski definition) is 20. The van der Waals surface area contributed by atoms with Crippen LogP contribution in [0, 0.1) is 79.3 Å². The summed E-state index contributed by atoms with van der Waals surface area (Å²) in [7, 11) is 0. The van der Waals surface area contributed by atoms with E-state index >= 15 is 0 Å². The van der Waals surface area contributed by atoms with E-state index in [0.29, 0.717) is 58.7 Å². The molecule has 0 radical (unpaired) electrons. The monoisotopic (exact) mass is 1730 g/mol. The third-order valence-corrected chi connectivity index (χ3v) is 26.1. The molecule has 16 atom stereocenters. The van der Waals surface area contributed by atoms with Gasteiger partial charge in [0.15, 0.2) is 0 Å². The molecule has 2 heterocycles. The van der Waals surface area contributed by atoms with Gasteiger partial charge >= 0.3 is 41.8 Å². The van der Waals surface area contributed by atoms with E-state index < -0.39 is 45.9 Å². The first-order valence-electron chi connectivity index (χ1n) is 46.7. The number of esters is 7. The van der Waals surface area contributed by atoms with Crippen molar-refractivity contribution < 1.29 is 96.2 Å². The summed E-state index contributed by atoms with van der Waals surface area (Å²) in [5.74, 6) is 3.36. The van der Waals surface area contributed by atoms with Crippen LogP contribution in [0.3, 0.4) is 0 Å². The highest BCUT2D eigenvalue weighted by Gasteiger charge is 2.65. The number of hydrogen-bond donors (Lipinski definition) is 3. The molecule has 2 saturated heterocycles. The summed E-state index contributed by atoms with van der Waals surface area (Å²) in [6.45, 7) is 66.2. The van der Waals surface area contributed by atoms with E-state index in [1.54, 1.807) is 36.4 Å². The Bertz CT molecular complexity index is 3450. The zero-order valence-electron chi connectivity index (χ0n) is 82.5. The molecule has 10 rings (SSSR count). The molecule has 16 unspecified atom stereocenters. The second-order valence-corrected chi connectivity index (χ2v) is 41.9. The third kappa shape index (κ3) is 35.1. The Labute approximate surface area is 743 Å². The van der Waals surface area contributed by atoms with Gasteiger partial charge in [0.25, 0.3) is 0 Å². The lowest BCUT2D eigenvalue weighted by molar-refractivity contribution is -0.221. The van der Waals surface area contributed by atoms with Crippen LogP contribution in [0.1, 0.15) is 379 Å². The van der Waals surface area contributed by atoms with Crippen LogP contribution in [0.25, 0.3) is 0 Å². The van der Waals surface area contributed by atoms with Crippen LogP contribution in [0.15, 0.2) is 72.8 Å². The van der Waals surface area contributed by atoms with Crippen LogP contribution in [-0.2, 0) is 80.9 Å². The van der Waals surface area contributed by atoms with Gasteiger partial charge < -0.3 is 62.7 Å². The molecule has 702 valence electrons. The maximum Gasteiger partial charge on any atom is 0.313 e. The normalized spacial score (nSPS) is 22.7. The summed E-state index contributed by atoms with van der Waals surface area (Å²) < 4.78 is 56.1. The van der Waals surface area contributed by atoms with E-state index in [1.807, 2.05) is 203 Å². The van der Waals surface area contributed by atoms with Crippen LogP contribution in [-0.4, -0.2) is 119 Å². The van der Waals surface area contributed by atoms with Crippen LogP contribution in [0.2, 0.25) is 0 Å². The fraction of sp³-hybridized carbons (Fsp3) is 0.757. The molecule has 3 aromatic rings. The van der Waals surface area contributed by atoms with E-state index in [1.165, 1.54) is 36.0 Å². The van der Waals surface area contributed by atoms with Crippen molar-refractivity contribution in [1.82, 2.24) is 0 Å². The molecule has 3 aromatic carbocycles. The Kier molecular flexibility index (Phi) is 44.5. The maximum absolute atomic E-state index is 12.3. The van der Waals surface area contributed by atoms with E-state index in [0.717, 1.165) is 96.3 Å². The fourth-order valence-electron chi connectivity index (χ4n) is 14.6. The summed E-state index contributed by atoms with van der Waals surface area (Å²) in [5, 5.41) is 27.0. The van der Waals surface area contributed by atoms with E-state index in [2.05, 4.69) is 62.3 Å². The minimum Gasteiger partial charge on any atom is -0.508 e. The molecule has 7 aliphatic rings. The van der Waals surface area contributed by atoms with Crippen molar-refractivity contribution in [3.05, 3.63) is 89.5 Å². The number of benzene rings is 3. The number of ether oxygens (including phenoxy) is 10. The zero-order valence-corrected chi connectivity index (χ0v) is 82.5. The molecule has 0 spiro atoms. The lowest BCUT2D eigenvalue weighted by Crippen LogP contribution is -2.39. The number of carbonyl (C=O) groups is 7. The van der Waals surface area contributed by atoms with Gasteiger partial charge in [-0.25, -0.2) is 0 Å². The van der Waals surface area contributed by atoms with Crippen molar-refractivity contribution in [3.63, 3.8) is 0 Å². The SMILES string of the molecule is CCC(C)(C)C(=O)OC(CC(C)(C)C)OC1CCCCC1.CCC(C)(C)C(=O)OC(OC(C)C)C(C)(C)C.CCC(C)(C)C(=O)OC(OC(C)C)C(C)C.CCC(C)(C)C(=O)OC1C2CC3C(=O)OC1C3C2.CCC(C)(C)C(=O)OC1C2CC3C(=O)OC1C3C2.CCC(C)c1ccc(O)cc1.CCC(C)c1ccc(O)cc1.CCC(C)c1ccc(O)cc1. The topological polar surface area (TPSA) is 272 Å². The first kappa shape index (κ1) is 110. The smallest absolute Gasteiger partial charge is 0.313 e. The highest BCUT2D eigenvalue weighted by Crippen LogP contribution is 2.57. The molecule has 5 aliphatic carbocycles. The maximum atomic E-state index is 12.3. The lowest BCUT2D eigenvalue weighted by Gasteiger charge is -2.34. The van der Waals surface area contributed by atoms with Gasteiger partial charge in [-0.1, -0.05) is 187 Å². The molecule has 7 fully saturated rings. The number of fused-ring (bicyclic) bond motifs is 2. The zero-order chi connectivity index (χ0) is 93.8. The van der Waals surface area contributed by atoms with Crippen molar-refractivity contribution >= 4 is 41.8 Å². The Morgan fingerprint density at radius 3 is 1.00 bits per heavy atom. The summed E-state index contributed by atoms with van der Waals surface area (Å²) in [6.07, 6.45) is 15.8. The second kappa shape index (κ2) is 49.5. The lowest BCUT2D eigenvalue weighted by atomic mass is 9.87. The quantitative estimate of drug-likeness (QED) is 0.0331. The van der Waals surface area contributed by atoms with Crippen LogP contribution in [0.4, 0.5) is 0 Å². The van der Waals surface area contributed by atoms with Crippen molar-refractivity contribution in [1.29, 1.82) is 0 Å². The molecular weight excluding hydrogens is 1560 g/mol. The fourth-order valence-corrected chi connectivity index (χ4v) is 14.6. The number of phenols is 3. The van der Waals surface area contributed by atoms with Gasteiger partial charge in [0.2, 0.25) is 18.9 Å². The minimum atomic E-state index is -0.499. The van der Waals surface area contributed by atoms with Crippen molar-refractivity contribution in [2.45, 2.75) is 423 Å². The van der Waals surface area contributed by atoms with Gasteiger partial charge in [-0.3, -0.25) is 33.6 Å². The minimum absolute atomic E-state index is 0.0387. The highest BCUT2D eigenvalue weighted by molar-refractivity contribution is 5.80. The Morgan fingerprint density at radius 2 is 0.715 bits per heavy atom. The van der Waals surface area contributed by atoms with Gasteiger partial charge in [0.05, 0.1) is 57.2 Å². The predicted molar refractivity (Wildman–Crippen MR) is 488 cm³/mol. The van der Waals surface area contributed by atoms with Gasteiger partial charge in [-0.15, -0.1) is 0 Å². The number of carbonyl (C=O) groups excluding carboxylic acids is 7. The standard InChI is InChI=1S/C18H34O3.2C14H20O4.C14H28O3.C13H26O3.3C10H14O/c1-7-18(5,6)16(19)21-15(13-17(2,3)4)20-14-11-9-8-10-12-14;2*1-4-14(2,3)13(16)18-10-7-5-8-9(6-7)12(15)17-11(8)10;1-9-14(7,8)11(15)17-12(13(4,5)6)16-10(2)3;1-8-13(6,7)12(14)16-11(9(2)3)15-10(4)5;3*1-3-8(2)9-4-6-10(11)7-5-9/h14-15H,7-13H2,1-6H3;2*7-11H,4-6H2,1-3H3;10,12H,9H2,1-8H3;9-11H,8H2,1-7H3;3*4-8,11H,3H2,1-2H3. The Balaban J connectivity index is 0.000000366. The highest BCUT2D eigenvalue weighted by atomic mass is 16.7. The average Bonchev–Trinajstić information content (AvgIpc) is 1.58. The second-order valence-electron chi connectivity index (χ2n) is 41.9. The van der Waals surface area contributed by atoms with Gasteiger partial charge in [-0.2, -0.15) is 0 Å². The van der Waals surface area contributed by atoms with Gasteiger partial charge in [0, 0.05) is 41.4 Å². The first-order valence-corrected chi connectivity index (χ1v) is 46.7. The number of aromatic hydroxyl groups is 3. The van der Waals surface area contributed by atoms with Crippen LogP contribution < -0.4 is 0 Å². The van der Waals surface area contributed by atoms with E-state index in [9.17, 15) is 33.6 Å². The van der Waals surface area contributed by atoms with Gasteiger partial charge in [-0.05, 0) is 263 Å². The summed E-state index contributed by atoms with van der Waals surface area (Å²) in [5.41, 5.74) is 1.51. The molecule has 3 N–H and O–H groups in total. The average molecular weight is 1730 g/mol. The largest absolute Gasteiger partial charge is 0.508 e. The summed E-state index contributed by atoms with van der Waals surface area (Å²) in [6, 6.07) is 22.3. The molecule has 2 aliphatic heterocycles. The number of phenolic OH excluding ortho intramolecular Hbond substituents is 3. The number of rotatable bonds is 29. The van der Waals surface area contributed by atoms with E-state index in [4.69, 9.17) is 62.7 Å².